The molecule has 0 aromatic heterocycles. The van der Waals surface area contributed by atoms with Gasteiger partial charge in [-0.2, -0.15) is 0 Å². The van der Waals surface area contributed by atoms with E-state index in [1.807, 2.05) is 12.1 Å². The Morgan fingerprint density at radius 2 is 2.25 bits per heavy atom. The summed E-state index contributed by atoms with van der Waals surface area (Å²) in [6, 6.07) is 5.44. The SMILES string of the molecule is CCC(C)CNC(=O)c1cc(S)ccc1Br. The highest BCUT2D eigenvalue weighted by Gasteiger charge is 2.10. The summed E-state index contributed by atoms with van der Waals surface area (Å²) in [7, 11) is 0. The first kappa shape index (κ1) is 13.6. The van der Waals surface area contributed by atoms with Gasteiger partial charge in [0.2, 0.25) is 0 Å². The van der Waals surface area contributed by atoms with Crippen molar-refractivity contribution < 1.29 is 4.79 Å². The molecule has 0 saturated carbocycles. The highest BCUT2D eigenvalue weighted by molar-refractivity contribution is 9.10. The Bertz CT molecular complexity index is 381. The lowest BCUT2D eigenvalue weighted by Gasteiger charge is -2.11. The van der Waals surface area contributed by atoms with E-state index in [0.29, 0.717) is 18.0 Å². The quantitative estimate of drug-likeness (QED) is 0.819. The van der Waals surface area contributed by atoms with E-state index in [4.69, 9.17) is 0 Å². The minimum atomic E-state index is -0.0527. The second-order valence-corrected chi connectivity index (χ2v) is 5.26. The molecule has 88 valence electrons. The van der Waals surface area contributed by atoms with Crippen LogP contribution in [0.5, 0.6) is 0 Å². The van der Waals surface area contributed by atoms with Gasteiger partial charge in [-0.25, -0.2) is 0 Å². The molecule has 1 rings (SSSR count). The van der Waals surface area contributed by atoms with Crippen LogP contribution in [-0.2, 0) is 0 Å². The van der Waals surface area contributed by atoms with Crippen molar-refractivity contribution in [2.45, 2.75) is 25.2 Å². The lowest BCUT2D eigenvalue weighted by Crippen LogP contribution is -2.28. The molecule has 16 heavy (non-hydrogen) atoms. The Morgan fingerprint density at radius 3 is 2.88 bits per heavy atom. The molecule has 0 aliphatic heterocycles. The van der Waals surface area contributed by atoms with E-state index < -0.39 is 0 Å². The largest absolute Gasteiger partial charge is 0.352 e. The Labute approximate surface area is 110 Å². The van der Waals surface area contributed by atoms with E-state index in [-0.39, 0.29) is 5.91 Å². The number of thiol groups is 1. The zero-order valence-electron chi connectivity index (χ0n) is 9.46. The first-order valence-electron chi connectivity index (χ1n) is 5.31. The van der Waals surface area contributed by atoms with Crippen molar-refractivity contribution in [1.29, 1.82) is 0 Å². The molecule has 0 saturated heterocycles. The summed E-state index contributed by atoms with van der Waals surface area (Å²) in [5, 5.41) is 2.91. The first-order valence-corrected chi connectivity index (χ1v) is 6.55. The summed E-state index contributed by atoms with van der Waals surface area (Å²) in [5.41, 5.74) is 0.635. The zero-order chi connectivity index (χ0) is 12.1. The highest BCUT2D eigenvalue weighted by atomic mass is 79.9. The smallest absolute Gasteiger partial charge is 0.252 e. The van der Waals surface area contributed by atoms with Crippen molar-refractivity contribution >= 4 is 34.5 Å². The minimum Gasteiger partial charge on any atom is -0.352 e. The van der Waals surface area contributed by atoms with Crippen LogP contribution < -0.4 is 5.32 Å². The third-order valence-corrected chi connectivity index (χ3v) is 3.47. The fourth-order valence-electron chi connectivity index (χ4n) is 1.19. The summed E-state index contributed by atoms with van der Waals surface area (Å²) < 4.78 is 0.798. The molecule has 0 bridgehead atoms. The third kappa shape index (κ3) is 3.83. The predicted molar refractivity (Wildman–Crippen MR) is 73.2 cm³/mol. The van der Waals surface area contributed by atoms with Crippen LogP contribution in [0.25, 0.3) is 0 Å². The molecule has 0 heterocycles. The maximum absolute atomic E-state index is 11.9. The molecule has 0 aliphatic carbocycles. The van der Waals surface area contributed by atoms with Crippen LogP contribution in [0.15, 0.2) is 27.6 Å². The molecule has 0 spiro atoms. The van der Waals surface area contributed by atoms with Crippen LogP contribution in [0, 0.1) is 5.92 Å². The van der Waals surface area contributed by atoms with Gasteiger partial charge in [0.15, 0.2) is 0 Å². The number of rotatable bonds is 4. The fraction of sp³-hybridized carbons (Fsp3) is 0.417. The van der Waals surface area contributed by atoms with Crippen molar-refractivity contribution in [1.82, 2.24) is 5.32 Å². The van der Waals surface area contributed by atoms with Crippen molar-refractivity contribution in [2.24, 2.45) is 5.92 Å². The van der Waals surface area contributed by atoms with Gasteiger partial charge in [0.05, 0.1) is 5.56 Å². The predicted octanol–water partition coefficient (Wildman–Crippen LogP) is 3.51. The zero-order valence-corrected chi connectivity index (χ0v) is 11.9. The van der Waals surface area contributed by atoms with Gasteiger partial charge < -0.3 is 5.32 Å². The summed E-state index contributed by atoms with van der Waals surface area (Å²) >= 11 is 7.58. The second-order valence-electron chi connectivity index (χ2n) is 3.89. The molecule has 0 fully saturated rings. The molecule has 0 radical (unpaired) electrons. The fourth-order valence-corrected chi connectivity index (χ4v) is 1.82. The minimum absolute atomic E-state index is 0.0527. The van der Waals surface area contributed by atoms with Crippen LogP contribution in [-0.4, -0.2) is 12.5 Å². The summed E-state index contributed by atoms with van der Waals surface area (Å²) in [5.74, 6) is 0.449. The van der Waals surface area contributed by atoms with Crippen molar-refractivity contribution in [3.8, 4) is 0 Å². The van der Waals surface area contributed by atoms with Crippen LogP contribution in [0.3, 0.4) is 0 Å². The number of hydrogen-bond donors (Lipinski definition) is 2. The summed E-state index contributed by atoms with van der Waals surface area (Å²) in [4.78, 5) is 12.7. The van der Waals surface area contributed by atoms with E-state index in [2.05, 4.69) is 47.7 Å². The van der Waals surface area contributed by atoms with Gasteiger partial charge >= 0.3 is 0 Å². The maximum atomic E-state index is 11.9. The number of hydrogen-bond acceptors (Lipinski definition) is 2. The molecular formula is C12H16BrNOS. The van der Waals surface area contributed by atoms with Gasteiger partial charge in [0, 0.05) is 15.9 Å². The molecule has 1 atom stereocenters. The molecule has 2 nitrogen and oxygen atoms in total. The lowest BCUT2D eigenvalue weighted by atomic mass is 10.1. The van der Waals surface area contributed by atoms with Crippen LogP contribution in [0.2, 0.25) is 0 Å². The second kappa shape index (κ2) is 6.30. The van der Waals surface area contributed by atoms with Crippen LogP contribution >= 0.6 is 28.6 Å². The van der Waals surface area contributed by atoms with E-state index in [1.54, 1.807) is 6.07 Å². The number of nitrogens with one attached hydrogen (secondary N) is 1. The van der Waals surface area contributed by atoms with Gasteiger partial charge in [0.1, 0.15) is 0 Å². The normalized spacial score (nSPS) is 12.2. The van der Waals surface area contributed by atoms with E-state index in [1.165, 1.54) is 0 Å². The number of amides is 1. The molecule has 1 aromatic rings. The molecule has 1 unspecified atom stereocenters. The van der Waals surface area contributed by atoms with Gasteiger partial charge in [-0.1, -0.05) is 20.3 Å². The van der Waals surface area contributed by atoms with E-state index in [9.17, 15) is 4.79 Å². The van der Waals surface area contributed by atoms with Crippen molar-refractivity contribution in [3.05, 3.63) is 28.2 Å². The number of carbonyl (C=O) groups is 1. The average Bonchev–Trinajstić information content (AvgIpc) is 2.28. The van der Waals surface area contributed by atoms with Gasteiger partial charge in [-0.15, -0.1) is 12.6 Å². The molecule has 1 N–H and O–H groups in total. The summed E-state index contributed by atoms with van der Waals surface area (Å²) in [6.07, 6.45) is 1.06. The molecule has 1 amide bonds. The standard InChI is InChI=1S/C12H16BrNOS/c1-3-8(2)7-14-12(15)10-6-9(16)4-5-11(10)13/h4-6,8,16H,3,7H2,1-2H3,(H,14,15). The monoisotopic (exact) mass is 301 g/mol. The van der Waals surface area contributed by atoms with Crippen molar-refractivity contribution in [2.75, 3.05) is 6.54 Å². The number of benzene rings is 1. The highest BCUT2D eigenvalue weighted by Crippen LogP contribution is 2.20. The van der Waals surface area contributed by atoms with Crippen LogP contribution in [0.4, 0.5) is 0 Å². The molecule has 1 aromatic carbocycles. The Hall–Kier alpha value is -0.480. The van der Waals surface area contributed by atoms with E-state index in [0.717, 1.165) is 15.8 Å². The average molecular weight is 302 g/mol. The topological polar surface area (TPSA) is 29.1 Å². The Balaban J connectivity index is 2.69. The Kier molecular flexibility index (Phi) is 5.35. The van der Waals surface area contributed by atoms with E-state index >= 15 is 0 Å². The first-order chi connectivity index (χ1) is 7.54. The third-order valence-electron chi connectivity index (χ3n) is 2.50. The molecule has 0 aliphatic rings. The maximum Gasteiger partial charge on any atom is 0.252 e. The lowest BCUT2D eigenvalue weighted by molar-refractivity contribution is 0.0947. The van der Waals surface area contributed by atoms with Crippen molar-refractivity contribution in [3.63, 3.8) is 0 Å². The summed E-state index contributed by atoms with van der Waals surface area (Å²) in [6.45, 7) is 4.93. The number of carbonyl (C=O) groups excluding carboxylic acids is 1. The van der Waals surface area contributed by atoms with Gasteiger partial charge in [-0.3, -0.25) is 4.79 Å². The van der Waals surface area contributed by atoms with Gasteiger partial charge in [0.25, 0.3) is 5.91 Å². The number of halogens is 1. The van der Waals surface area contributed by atoms with Gasteiger partial charge in [-0.05, 0) is 40.0 Å². The van der Waals surface area contributed by atoms with Crippen LogP contribution in [0.1, 0.15) is 30.6 Å². The molecular weight excluding hydrogens is 286 g/mol. The Morgan fingerprint density at radius 1 is 1.56 bits per heavy atom. The molecule has 4 heteroatoms.